The van der Waals surface area contributed by atoms with Crippen LogP contribution in [0.1, 0.15) is 27.9 Å². The van der Waals surface area contributed by atoms with Crippen molar-refractivity contribution in [1.29, 1.82) is 0 Å². The summed E-state index contributed by atoms with van der Waals surface area (Å²) in [6, 6.07) is 3.93. The number of hydrogen-bond acceptors (Lipinski definition) is 4. The predicted molar refractivity (Wildman–Crippen MR) is 74.3 cm³/mol. The molecule has 1 unspecified atom stereocenters. The maximum absolute atomic E-state index is 12.1. The van der Waals surface area contributed by atoms with Gasteiger partial charge in [-0.3, -0.25) is 9.59 Å². The summed E-state index contributed by atoms with van der Waals surface area (Å²) in [5.41, 5.74) is 12.7. The molecule has 2 rings (SSSR count). The molecule has 21 heavy (non-hydrogen) atoms. The second-order valence-corrected chi connectivity index (χ2v) is 5.08. The van der Waals surface area contributed by atoms with Crippen molar-refractivity contribution in [3.63, 3.8) is 0 Å². The number of primary amides is 1. The Bertz CT molecular complexity index is 600. The Labute approximate surface area is 121 Å². The molecule has 2 amide bonds. The highest BCUT2D eigenvalue weighted by atomic mass is 16.4. The molecule has 0 spiro atoms. The van der Waals surface area contributed by atoms with E-state index in [2.05, 4.69) is 0 Å². The van der Waals surface area contributed by atoms with E-state index < -0.39 is 17.9 Å². The Morgan fingerprint density at radius 2 is 2.00 bits per heavy atom. The number of rotatable bonds is 4. The number of carbonyl (C=O) groups is 3. The first-order valence-electron chi connectivity index (χ1n) is 6.56. The van der Waals surface area contributed by atoms with E-state index in [0.717, 1.165) is 11.1 Å². The third-order valence-electron chi connectivity index (χ3n) is 3.52. The number of fused-ring (bicyclic) bond motifs is 1. The average molecular weight is 291 g/mol. The lowest BCUT2D eigenvalue weighted by Gasteiger charge is -2.30. The molecule has 0 saturated heterocycles. The number of hydrogen-bond donors (Lipinski definition) is 3. The number of nitrogens with zero attached hydrogens (tertiary/aromatic N) is 1. The molecule has 0 aromatic heterocycles. The second kappa shape index (κ2) is 5.92. The van der Waals surface area contributed by atoms with Crippen molar-refractivity contribution in [2.24, 2.45) is 11.5 Å². The van der Waals surface area contributed by atoms with Crippen LogP contribution in [0.5, 0.6) is 0 Å². The summed E-state index contributed by atoms with van der Waals surface area (Å²) in [4.78, 5) is 35.5. The summed E-state index contributed by atoms with van der Waals surface area (Å²) in [6.45, 7) is 0.784. The van der Waals surface area contributed by atoms with Gasteiger partial charge in [-0.2, -0.15) is 0 Å². The van der Waals surface area contributed by atoms with Crippen LogP contribution in [0.4, 0.5) is 0 Å². The van der Waals surface area contributed by atoms with Gasteiger partial charge >= 0.3 is 5.97 Å². The van der Waals surface area contributed by atoms with Gasteiger partial charge in [0, 0.05) is 13.1 Å². The first kappa shape index (κ1) is 15.0. The van der Waals surface area contributed by atoms with Crippen molar-refractivity contribution in [3.05, 3.63) is 34.9 Å². The van der Waals surface area contributed by atoms with E-state index in [1.165, 1.54) is 4.90 Å². The molecule has 7 nitrogen and oxygen atoms in total. The highest BCUT2D eigenvalue weighted by molar-refractivity contribution is 5.89. The van der Waals surface area contributed by atoms with Crippen LogP contribution in [0.15, 0.2) is 18.2 Å². The lowest BCUT2D eigenvalue weighted by Crippen LogP contribution is -2.47. The van der Waals surface area contributed by atoms with Gasteiger partial charge in [0.2, 0.25) is 11.8 Å². The van der Waals surface area contributed by atoms with E-state index in [9.17, 15) is 14.4 Å². The first-order chi connectivity index (χ1) is 9.88. The van der Waals surface area contributed by atoms with Crippen molar-refractivity contribution in [2.45, 2.75) is 25.4 Å². The molecule has 1 aliphatic rings. The molecule has 5 N–H and O–H groups in total. The molecule has 7 heteroatoms. The van der Waals surface area contributed by atoms with Gasteiger partial charge in [-0.25, -0.2) is 4.79 Å². The van der Waals surface area contributed by atoms with Crippen LogP contribution in [0.3, 0.4) is 0 Å². The van der Waals surface area contributed by atoms with E-state index in [4.69, 9.17) is 16.6 Å². The highest BCUT2D eigenvalue weighted by Gasteiger charge is 2.26. The van der Waals surface area contributed by atoms with E-state index >= 15 is 0 Å². The van der Waals surface area contributed by atoms with Gasteiger partial charge in [0.05, 0.1) is 18.0 Å². The fourth-order valence-corrected chi connectivity index (χ4v) is 2.42. The number of nitrogens with two attached hydrogens (primary N) is 2. The maximum Gasteiger partial charge on any atom is 0.335 e. The summed E-state index contributed by atoms with van der Waals surface area (Å²) in [5, 5.41) is 9.00. The van der Waals surface area contributed by atoms with Gasteiger partial charge in [-0.15, -0.1) is 0 Å². The topological polar surface area (TPSA) is 127 Å². The Morgan fingerprint density at radius 1 is 1.29 bits per heavy atom. The highest BCUT2D eigenvalue weighted by Crippen LogP contribution is 2.21. The standard InChI is InChI=1S/C14H17N3O4/c15-11(6-12(16)18)13(19)17-4-3-8-1-2-9(14(20)21)5-10(8)7-17/h1-2,5,11H,3-4,6-7,15H2,(H2,16,18)(H,20,21). The number of carboxylic acids is 1. The average Bonchev–Trinajstić information content (AvgIpc) is 2.44. The molecule has 0 saturated carbocycles. The quantitative estimate of drug-likeness (QED) is 0.687. The predicted octanol–water partition coefficient (Wildman–Crippen LogP) is -0.528. The Morgan fingerprint density at radius 3 is 2.62 bits per heavy atom. The summed E-state index contributed by atoms with van der Waals surface area (Å²) >= 11 is 0. The number of amides is 2. The molecule has 1 aliphatic heterocycles. The van der Waals surface area contributed by atoms with Gasteiger partial charge in [0.1, 0.15) is 0 Å². The van der Waals surface area contributed by atoms with Crippen LogP contribution in [-0.2, 0) is 22.6 Å². The largest absolute Gasteiger partial charge is 0.478 e. The zero-order valence-electron chi connectivity index (χ0n) is 11.4. The molecule has 112 valence electrons. The van der Waals surface area contributed by atoms with Crippen LogP contribution in [0, 0.1) is 0 Å². The smallest absolute Gasteiger partial charge is 0.335 e. The van der Waals surface area contributed by atoms with Crippen LogP contribution in [0.25, 0.3) is 0 Å². The fraction of sp³-hybridized carbons (Fsp3) is 0.357. The van der Waals surface area contributed by atoms with Crippen molar-refractivity contribution in [3.8, 4) is 0 Å². The van der Waals surface area contributed by atoms with Gasteiger partial charge in [-0.05, 0) is 29.7 Å². The number of carbonyl (C=O) groups excluding carboxylic acids is 2. The van der Waals surface area contributed by atoms with Crippen molar-refractivity contribution in [1.82, 2.24) is 4.90 Å². The van der Waals surface area contributed by atoms with Crippen LogP contribution >= 0.6 is 0 Å². The molecular weight excluding hydrogens is 274 g/mol. The van der Waals surface area contributed by atoms with Crippen LogP contribution in [0.2, 0.25) is 0 Å². The molecular formula is C14H17N3O4. The molecule has 0 fully saturated rings. The van der Waals surface area contributed by atoms with E-state index in [-0.39, 0.29) is 17.9 Å². The van der Waals surface area contributed by atoms with Crippen molar-refractivity contribution in [2.75, 3.05) is 6.54 Å². The molecule has 1 heterocycles. The summed E-state index contributed by atoms with van der Waals surface area (Å²) < 4.78 is 0. The van der Waals surface area contributed by atoms with Crippen LogP contribution < -0.4 is 11.5 Å². The lowest BCUT2D eigenvalue weighted by molar-refractivity contribution is -0.135. The van der Waals surface area contributed by atoms with Gasteiger partial charge in [0.15, 0.2) is 0 Å². The van der Waals surface area contributed by atoms with Gasteiger partial charge < -0.3 is 21.5 Å². The van der Waals surface area contributed by atoms with Crippen molar-refractivity contribution < 1.29 is 19.5 Å². The molecule has 0 radical (unpaired) electrons. The zero-order chi connectivity index (χ0) is 15.6. The summed E-state index contributed by atoms with van der Waals surface area (Å²) in [7, 11) is 0. The molecule has 1 aromatic rings. The zero-order valence-corrected chi connectivity index (χ0v) is 11.4. The number of benzene rings is 1. The molecule has 0 aliphatic carbocycles. The van der Waals surface area contributed by atoms with E-state index in [0.29, 0.717) is 19.5 Å². The number of aromatic carboxylic acids is 1. The lowest BCUT2D eigenvalue weighted by atomic mass is 9.96. The Balaban J connectivity index is 2.14. The minimum atomic E-state index is -1.01. The monoisotopic (exact) mass is 291 g/mol. The first-order valence-corrected chi connectivity index (χ1v) is 6.56. The molecule has 1 atom stereocenters. The van der Waals surface area contributed by atoms with E-state index in [1.807, 2.05) is 0 Å². The Hall–Kier alpha value is -2.41. The molecule has 0 bridgehead atoms. The second-order valence-electron chi connectivity index (χ2n) is 5.08. The minimum absolute atomic E-state index is 0.185. The van der Waals surface area contributed by atoms with E-state index in [1.54, 1.807) is 18.2 Å². The molecule has 1 aromatic carbocycles. The normalized spacial score (nSPS) is 15.2. The summed E-state index contributed by atoms with van der Waals surface area (Å²) in [5.74, 6) is -1.98. The van der Waals surface area contributed by atoms with Gasteiger partial charge in [0.25, 0.3) is 0 Å². The van der Waals surface area contributed by atoms with Crippen LogP contribution in [-0.4, -0.2) is 40.4 Å². The minimum Gasteiger partial charge on any atom is -0.478 e. The third kappa shape index (κ3) is 3.38. The fourth-order valence-electron chi connectivity index (χ4n) is 2.42. The Kier molecular flexibility index (Phi) is 4.23. The van der Waals surface area contributed by atoms with Crippen molar-refractivity contribution >= 4 is 17.8 Å². The SMILES string of the molecule is NC(=O)CC(N)C(=O)N1CCc2ccc(C(=O)O)cc2C1. The summed E-state index contributed by atoms with van der Waals surface area (Å²) in [6.07, 6.45) is 0.432. The van der Waals surface area contributed by atoms with Gasteiger partial charge in [-0.1, -0.05) is 6.07 Å². The maximum atomic E-state index is 12.1. The number of carboxylic acid groups (broad SMARTS) is 1. The third-order valence-corrected chi connectivity index (χ3v) is 3.52.